The number of hydrogen-bond acceptors (Lipinski definition) is 10. The van der Waals surface area contributed by atoms with Crippen molar-refractivity contribution in [1.82, 2.24) is 4.57 Å². The minimum atomic E-state index is -0.890. The molecule has 0 bridgehead atoms. The predicted octanol–water partition coefficient (Wildman–Crippen LogP) is 3.46. The van der Waals surface area contributed by atoms with Gasteiger partial charge in [0.2, 0.25) is 0 Å². The van der Waals surface area contributed by atoms with Gasteiger partial charge in [0.25, 0.3) is 5.56 Å². The molecular weight excluding hydrogens is 687 g/mol. The van der Waals surface area contributed by atoms with Gasteiger partial charge in [0.05, 0.1) is 46.8 Å². The van der Waals surface area contributed by atoms with E-state index in [1.54, 1.807) is 37.3 Å². The molecule has 1 atom stereocenters. The summed E-state index contributed by atoms with van der Waals surface area (Å²) in [4.78, 5) is 32.7. The van der Waals surface area contributed by atoms with Crippen LogP contribution in [0.15, 0.2) is 51.4 Å². The average molecular weight is 719 g/mol. The number of hydrogen-bond donors (Lipinski definition) is 0. The largest absolute Gasteiger partial charge is 0.493 e. The molecule has 0 unspecified atom stereocenters. The van der Waals surface area contributed by atoms with E-state index in [1.807, 2.05) is 13.0 Å². The van der Waals surface area contributed by atoms with E-state index in [1.165, 1.54) is 37.2 Å². The van der Waals surface area contributed by atoms with Gasteiger partial charge in [-0.1, -0.05) is 29.4 Å². The van der Waals surface area contributed by atoms with E-state index in [4.69, 9.17) is 34.8 Å². The van der Waals surface area contributed by atoms with Crippen molar-refractivity contribution >= 4 is 46.0 Å². The molecule has 0 spiro atoms. The van der Waals surface area contributed by atoms with E-state index in [0.29, 0.717) is 55.8 Å². The maximum atomic E-state index is 14.1. The Morgan fingerprint density at radius 2 is 1.91 bits per heavy atom. The Hall–Kier alpha value is -3.80. The number of methoxy groups -OCH3 is 3. The number of nitrogens with zero attached hydrogens (tertiary/aromatic N) is 2. The zero-order valence-corrected chi connectivity index (χ0v) is 27.4. The molecule has 0 saturated heterocycles. The highest BCUT2D eigenvalue weighted by molar-refractivity contribution is 14.1. The van der Waals surface area contributed by atoms with Crippen LogP contribution in [0.1, 0.15) is 31.0 Å². The van der Waals surface area contributed by atoms with Crippen LogP contribution in [0.2, 0.25) is 0 Å². The predicted molar refractivity (Wildman–Crippen MR) is 171 cm³/mol. The smallest absolute Gasteiger partial charge is 0.338 e. The van der Waals surface area contributed by atoms with Crippen molar-refractivity contribution in [1.29, 1.82) is 0 Å². The molecule has 2 aromatic carbocycles. The maximum Gasteiger partial charge on any atom is 0.338 e. The van der Waals surface area contributed by atoms with E-state index >= 15 is 0 Å². The van der Waals surface area contributed by atoms with Crippen molar-refractivity contribution in [3.05, 3.63) is 76.0 Å². The first kappa shape index (κ1) is 32.1. The van der Waals surface area contributed by atoms with E-state index in [-0.39, 0.29) is 31.0 Å². The highest BCUT2D eigenvalue weighted by atomic mass is 127. The molecule has 1 aromatic heterocycles. The maximum absolute atomic E-state index is 14.1. The number of rotatable bonds is 12. The number of thiazole rings is 1. The molecule has 0 fully saturated rings. The first-order chi connectivity index (χ1) is 20.8. The second kappa shape index (κ2) is 14.6. The molecule has 43 heavy (non-hydrogen) atoms. The highest BCUT2D eigenvalue weighted by Gasteiger charge is 2.36. The lowest BCUT2D eigenvalue weighted by atomic mass is 9.94. The first-order valence-electron chi connectivity index (χ1n) is 13.2. The molecule has 0 radical (unpaired) electrons. The molecule has 0 aliphatic carbocycles. The zero-order chi connectivity index (χ0) is 31.1. The van der Waals surface area contributed by atoms with Crippen LogP contribution in [0.5, 0.6) is 23.0 Å². The Balaban J connectivity index is 1.94. The summed E-state index contributed by atoms with van der Waals surface area (Å²) in [5.74, 6) is 3.74. The quantitative estimate of drug-likeness (QED) is 0.122. The van der Waals surface area contributed by atoms with E-state index < -0.39 is 12.0 Å². The summed E-state index contributed by atoms with van der Waals surface area (Å²) in [5.41, 5.74) is 1.58. The van der Waals surface area contributed by atoms with Crippen LogP contribution in [0, 0.1) is 15.9 Å². The summed E-state index contributed by atoms with van der Waals surface area (Å²) in [6, 6.07) is 8.09. The van der Waals surface area contributed by atoms with Gasteiger partial charge in [-0.2, -0.15) is 0 Å². The summed E-state index contributed by atoms with van der Waals surface area (Å²) in [7, 11) is 4.59. The lowest BCUT2D eigenvalue weighted by molar-refractivity contribution is -0.140. The second-order valence-corrected chi connectivity index (χ2v) is 11.2. The molecule has 12 heteroatoms. The molecule has 0 N–H and O–H groups in total. The summed E-state index contributed by atoms with van der Waals surface area (Å²) < 4.78 is 36.0. The number of benzene rings is 2. The molecule has 226 valence electrons. The number of allylic oxidation sites excluding steroid dienone is 1. The number of ether oxygens (including phenoxy) is 6. The van der Waals surface area contributed by atoms with Crippen LogP contribution >= 0.6 is 33.9 Å². The highest BCUT2D eigenvalue weighted by Crippen LogP contribution is 2.41. The van der Waals surface area contributed by atoms with Gasteiger partial charge < -0.3 is 28.4 Å². The Labute approximate surface area is 266 Å². The fourth-order valence-corrected chi connectivity index (χ4v) is 6.44. The Kier molecular flexibility index (Phi) is 10.9. The molecule has 1 aliphatic rings. The average Bonchev–Trinajstić information content (AvgIpc) is 3.29. The van der Waals surface area contributed by atoms with Gasteiger partial charge in [-0.05, 0) is 66.3 Å². The van der Waals surface area contributed by atoms with Crippen molar-refractivity contribution in [3.8, 4) is 35.3 Å². The van der Waals surface area contributed by atoms with Crippen LogP contribution in [0.25, 0.3) is 6.08 Å². The van der Waals surface area contributed by atoms with Crippen molar-refractivity contribution in [2.75, 3.05) is 47.8 Å². The van der Waals surface area contributed by atoms with Gasteiger partial charge in [0, 0.05) is 12.7 Å². The van der Waals surface area contributed by atoms with Crippen LogP contribution < -0.4 is 33.8 Å². The molecule has 0 amide bonds. The van der Waals surface area contributed by atoms with E-state index in [2.05, 4.69) is 33.5 Å². The molecule has 2 heterocycles. The fourth-order valence-electron chi connectivity index (χ4n) is 4.61. The van der Waals surface area contributed by atoms with Crippen LogP contribution in [-0.4, -0.2) is 58.3 Å². The van der Waals surface area contributed by atoms with Crippen LogP contribution in [-0.2, 0) is 14.3 Å². The second-order valence-electron chi connectivity index (χ2n) is 9.05. The van der Waals surface area contributed by atoms with Crippen molar-refractivity contribution in [2.45, 2.75) is 19.9 Å². The standard InChI is InChI=1S/C31H31IN2O8S/c1-7-12-41-28-21(32)15-19(16-23(28)39-6)17-24-29(35)34-26(20-10-9-11-22(38-5)27(20)40-8-2)25(18(3)33-31(34)43-24)30(36)42-14-13-37-4/h1,9-11,15-17,26H,8,12-14H2,2-6H3/b24-17+/t26-/m1/s1. The van der Waals surface area contributed by atoms with Crippen molar-refractivity contribution in [2.24, 2.45) is 4.99 Å². The lowest BCUT2D eigenvalue weighted by Gasteiger charge is -2.27. The number of halogens is 1. The molecule has 4 rings (SSSR count). The minimum absolute atomic E-state index is 0.0429. The van der Waals surface area contributed by atoms with E-state index in [9.17, 15) is 9.59 Å². The summed E-state index contributed by atoms with van der Waals surface area (Å²) >= 11 is 3.34. The first-order valence-corrected chi connectivity index (χ1v) is 15.1. The van der Waals surface area contributed by atoms with Gasteiger partial charge in [-0.25, -0.2) is 9.79 Å². The van der Waals surface area contributed by atoms with Gasteiger partial charge in [0.15, 0.2) is 27.8 Å². The van der Waals surface area contributed by atoms with Gasteiger partial charge in [0.1, 0.15) is 19.3 Å². The lowest BCUT2D eigenvalue weighted by Crippen LogP contribution is -2.40. The third-order valence-electron chi connectivity index (χ3n) is 6.42. The number of terminal acetylenes is 1. The van der Waals surface area contributed by atoms with Crippen LogP contribution in [0.3, 0.4) is 0 Å². The number of carbonyl (C=O) groups is 1. The summed E-state index contributed by atoms with van der Waals surface area (Å²) in [5, 5.41) is 0. The number of carbonyl (C=O) groups excluding carboxylic acids is 1. The van der Waals surface area contributed by atoms with Gasteiger partial charge in [-0.15, -0.1) is 6.42 Å². The molecule has 0 saturated carbocycles. The van der Waals surface area contributed by atoms with Crippen molar-refractivity contribution < 1.29 is 33.2 Å². The minimum Gasteiger partial charge on any atom is -0.493 e. The number of para-hydroxylation sites is 1. The topological polar surface area (TPSA) is 107 Å². The Morgan fingerprint density at radius 1 is 1.14 bits per heavy atom. The normalized spacial score (nSPS) is 14.4. The molecule has 1 aliphatic heterocycles. The Bertz CT molecular complexity index is 1770. The third-order valence-corrected chi connectivity index (χ3v) is 8.21. The fraction of sp³-hybridized carbons (Fsp3) is 0.323. The SMILES string of the molecule is C#CCOc1c(I)cc(/C=c2/sc3n(c2=O)[C@H](c2cccc(OC)c2OCC)C(C(=O)OCCOC)=C(C)N=3)cc1OC. The zero-order valence-electron chi connectivity index (χ0n) is 24.4. The monoisotopic (exact) mass is 718 g/mol. The Morgan fingerprint density at radius 3 is 2.58 bits per heavy atom. The van der Waals surface area contributed by atoms with Crippen molar-refractivity contribution in [3.63, 3.8) is 0 Å². The number of esters is 1. The summed E-state index contributed by atoms with van der Waals surface area (Å²) in [6.07, 6.45) is 7.11. The number of fused-ring (bicyclic) bond motifs is 1. The van der Waals surface area contributed by atoms with E-state index in [0.717, 1.165) is 3.57 Å². The van der Waals surface area contributed by atoms with Gasteiger partial charge in [-0.3, -0.25) is 9.36 Å². The summed E-state index contributed by atoms with van der Waals surface area (Å²) in [6.45, 7) is 4.27. The molecular formula is C31H31IN2O8S. The molecule has 10 nitrogen and oxygen atoms in total. The molecule has 3 aromatic rings. The third kappa shape index (κ3) is 6.74. The van der Waals surface area contributed by atoms with Gasteiger partial charge >= 0.3 is 5.97 Å². The number of aromatic nitrogens is 1. The van der Waals surface area contributed by atoms with Crippen LogP contribution in [0.4, 0.5) is 0 Å².